The lowest BCUT2D eigenvalue weighted by Crippen LogP contribution is -2.04. The first-order chi connectivity index (χ1) is 9.38. The summed E-state index contributed by atoms with van der Waals surface area (Å²) in [5.41, 5.74) is 3.84. The molecular formula is C16H17NO3. The Labute approximate surface area is 118 Å². The van der Waals surface area contributed by atoms with E-state index in [9.17, 15) is 9.90 Å². The van der Waals surface area contributed by atoms with E-state index in [2.05, 4.69) is 4.98 Å². The maximum Gasteiger partial charge on any atom is 0.341 e. The van der Waals surface area contributed by atoms with E-state index in [0.29, 0.717) is 11.4 Å². The van der Waals surface area contributed by atoms with Crippen molar-refractivity contribution < 1.29 is 14.6 Å². The summed E-state index contributed by atoms with van der Waals surface area (Å²) in [5.74, 6) is -0.251. The zero-order valence-corrected chi connectivity index (χ0v) is 12.0. The molecule has 0 radical (unpaired) electrons. The molecule has 1 aromatic carbocycles. The van der Waals surface area contributed by atoms with Gasteiger partial charge in [-0.3, -0.25) is 0 Å². The standard InChI is InChI=1S/C16H17NO3/c1-9-7-10(2)14(11(3)8-9)20-15-13(16(18)19)6-5-12(4)17-15/h5-8H,1-4H3,(H,18,19). The number of carboxylic acids is 1. The average molecular weight is 271 g/mol. The number of hydrogen-bond donors (Lipinski definition) is 1. The lowest BCUT2D eigenvalue weighted by atomic mass is 10.1. The highest BCUT2D eigenvalue weighted by Crippen LogP contribution is 2.30. The number of hydrogen-bond acceptors (Lipinski definition) is 3. The van der Waals surface area contributed by atoms with Crippen LogP contribution in [0.1, 0.15) is 32.7 Å². The van der Waals surface area contributed by atoms with Crippen LogP contribution in [0.2, 0.25) is 0 Å². The number of carbonyl (C=O) groups is 1. The van der Waals surface area contributed by atoms with Gasteiger partial charge >= 0.3 is 5.97 Å². The van der Waals surface area contributed by atoms with Crippen LogP contribution >= 0.6 is 0 Å². The van der Waals surface area contributed by atoms with Gasteiger partial charge in [0.25, 0.3) is 0 Å². The Morgan fingerprint density at radius 2 is 1.70 bits per heavy atom. The van der Waals surface area contributed by atoms with E-state index >= 15 is 0 Å². The van der Waals surface area contributed by atoms with Crippen LogP contribution in [-0.4, -0.2) is 16.1 Å². The van der Waals surface area contributed by atoms with Crippen LogP contribution in [0.15, 0.2) is 24.3 Å². The summed E-state index contributed by atoms with van der Waals surface area (Å²) < 4.78 is 5.78. The molecule has 0 spiro atoms. The van der Waals surface area contributed by atoms with Crippen LogP contribution in [0.4, 0.5) is 0 Å². The Hall–Kier alpha value is -2.36. The Morgan fingerprint density at radius 1 is 1.10 bits per heavy atom. The highest BCUT2D eigenvalue weighted by atomic mass is 16.5. The van der Waals surface area contributed by atoms with Gasteiger partial charge < -0.3 is 9.84 Å². The van der Waals surface area contributed by atoms with Crippen molar-refractivity contribution in [3.8, 4) is 11.6 Å². The van der Waals surface area contributed by atoms with Crippen molar-refractivity contribution in [1.29, 1.82) is 0 Å². The normalized spacial score (nSPS) is 10.4. The van der Waals surface area contributed by atoms with Crippen molar-refractivity contribution in [2.75, 3.05) is 0 Å². The number of pyridine rings is 1. The topological polar surface area (TPSA) is 59.4 Å². The van der Waals surface area contributed by atoms with Crippen LogP contribution in [0.3, 0.4) is 0 Å². The smallest absolute Gasteiger partial charge is 0.341 e. The fraction of sp³-hybridized carbons (Fsp3) is 0.250. The third kappa shape index (κ3) is 2.79. The summed E-state index contributed by atoms with van der Waals surface area (Å²) >= 11 is 0. The molecule has 4 heteroatoms. The quantitative estimate of drug-likeness (QED) is 0.922. The lowest BCUT2D eigenvalue weighted by molar-refractivity contribution is 0.0693. The van der Waals surface area contributed by atoms with Gasteiger partial charge in [-0.05, 0) is 51.0 Å². The number of carboxylic acid groups (broad SMARTS) is 1. The van der Waals surface area contributed by atoms with Crippen LogP contribution in [0.25, 0.3) is 0 Å². The molecule has 0 aliphatic rings. The third-order valence-electron chi connectivity index (χ3n) is 3.03. The van der Waals surface area contributed by atoms with Crippen molar-refractivity contribution in [2.24, 2.45) is 0 Å². The number of nitrogens with zero attached hydrogens (tertiary/aromatic N) is 1. The molecule has 0 amide bonds. The van der Waals surface area contributed by atoms with Crippen LogP contribution < -0.4 is 4.74 Å². The maximum absolute atomic E-state index is 11.2. The van der Waals surface area contributed by atoms with Crippen LogP contribution in [0, 0.1) is 27.7 Å². The van der Waals surface area contributed by atoms with Gasteiger partial charge in [0.15, 0.2) is 0 Å². The molecule has 4 nitrogen and oxygen atoms in total. The predicted octanol–water partition coefficient (Wildman–Crippen LogP) is 3.81. The highest BCUT2D eigenvalue weighted by Gasteiger charge is 2.16. The highest BCUT2D eigenvalue weighted by molar-refractivity contribution is 5.90. The number of benzene rings is 1. The molecule has 2 aromatic rings. The average Bonchev–Trinajstić information content (AvgIpc) is 2.33. The second-order valence-corrected chi connectivity index (χ2v) is 4.94. The molecule has 0 fully saturated rings. The third-order valence-corrected chi connectivity index (χ3v) is 3.03. The van der Waals surface area contributed by atoms with Crippen LogP contribution in [-0.2, 0) is 0 Å². The van der Waals surface area contributed by atoms with Crippen molar-refractivity contribution in [1.82, 2.24) is 4.98 Å². The molecule has 1 heterocycles. The van der Waals surface area contributed by atoms with Gasteiger partial charge in [-0.25, -0.2) is 9.78 Å². The molecule has 104 valence electrons. The van der Waals surface area contributed by atoms with Gasteiger partial charge in [0.2, 0.25) is 5.88 Å². The zero-order chi connectivity index (χ0) is 14.9. The molecule has 0 bridgehead atoms. The van der Waals surface area contributed by atoms with E-state index in [1.165, 1.54) is 6.07 Å². The molecule has 0 unspecified atom stereocenters. The lowest BCUT2D eigenvalue weighted by Gasteiger charge is -2.13. The Kier molecular flexibility index (Phi) is 3.74. The summed E-state index contributed by atoms with van der Waals surface area (Å²) in [6.45, 7) is 7.68. The summed E-state index contributed by atoms with van der Waals surface area (Å²) in [6.07, 6.45) is 0. The molecule has 1 N–H and O–H groups in total. The number of rotatable bonds is 3. The van der Waals surface area contributed by atoms with E-state index < -0.39 is 5.97 Å². The largest absolute Gasteiger partial charge is 0.477 e. The summed E-state index contributed by atoms with van der Waals surface area (Å²) in [7, 11) is 0. The monoisotopic (exact) mass is 271 g/mol. The number of ether oxygens (including phenoxy) is 1. The fourth-order valence-corrected chi connectivity index (χ4v) is 2.20. The van der Waals surface area contributed by atoms with E-state index in [1.807, 2.05) is 32.9 Å². The second-order valence-electron chi connectivity index (χ2n) is 4.94. The minimum Gasteiger partial charge on any atom is -0.477 e. The zero-order valence-electron chi connectivity index (χ0n) is 12.0. The van der Waals surface area contributed by atoms with Crippen molar-refractivity contribution in [2.45, 2.75) is 27.7 Å². The first kappa shape index (κ1) is 14.1. The van der Waals surface area contributed by atoms with E-state index in [1.54, 1.807) is 13.0 Å². The predicted molar refractivity (Wildman–Crippen MR) is 76.7 cm³/mol. The molecule has 0 saturated heterocycles. The van der Waals surface area contributed by atoms with Gasteiger partial charge in [-0.15, -0.1) is 0 Å². The first-order valence-electron chi connectivity index (χ1n) is 6.35. The van der Waals surface area contributed by atoms with Gasteiger partial charge in [-0.1, -0.05) is 17.7 Å². The van der Waals surface area contributed by atoms with Gasteiger partial charge in [0.1, 0.15) is 11.3 Å². The molecule has 20 heavy (non-hydrogen) atoms. The summed E-state index contributed by atoms with van der Waals surface area (Å²) in [5, 5.41) is 9.20. The maximum atomic E-state index is 11.2. The van der Waals surface area contributed by atoms with Gasteiger partial charge in [-0.2, -0.15) is 0 Å². The minimum absolute atomic E-state index is 0.0648. The van der Waals surface area contributed by atoms with Gasteiger partial charge in [0, 0.05) is 5.69 Å². The number of aromatic nitrogens is 1. The first-order valence-corrected chi connectivity index (χ1v) is 6.35. The Balaban J connectivity index is 2.50. The van der Waals surface area contributed by atoms with E-state index in [0.717, 1.165) is 16.7 Å². The number of aryl methyl sites for hydroxylation is 4. The molecule has 0 aliphatic carbocycles. The molecule has 2 rings (SSSR count). The Morgan fingerprint density at radius 3 is 2.25 bits per heavy atom. The SMILES string of the molecule is Cc1cc(C)c(Oc2nc(C)ccc2C(=O)O)c(C)c1. The second kappa shape index (κ2) is 5.33. The van der Waals surface area contributed by atoms with Crippen molar-refractivity contribution >= 4 is 5.97 Å². The van der Waals surface area contributed by atoms with E-state index in [-0.39, 0.29) is 11.4 Å². The fourth-order valence-electron chi connectivity index (χ4n) is 2.20. The minimum atomic E-state index is -1.05. The summed E-state index contributed by atoms with van der Waals surface area (Å²) in [6, 6.07) is 7.17. The number of aromatic carboxylic acids is 1. The Bertz CT molecular complexity index is 654. The van der Waals surface area contributed by atoms with Crippen molar-refractivity contribution in [3.05, 3.63) is 52.2 Å². The van der Waals surface area contributed by atoms with Gasteiger partial charge in [0.05, 0.1) is 0 Å². The molecule has 0 saturated carbocycles. The van der Waals surface area contributed by atoms with E-state index in [4.69, 9.17) is 4.74 Å². The van der Waals surface area contributed by atoms with Crippen molar-refractivity contribution in [3.63, 3.8) is 0 Å². The summed E-state index contributed by atoms with van der Waals surface area (Å²) in [4.78, 5) is 15.4. The molecule has 1 aromatic heterocycles. The van der Waals surface area contributed by atoms with Crippen LogP contribution in [0.5, 0.6) is 11.6 Å². The molecule has 0 atom stereocenters. The molecule has 0 aliphatic heterocycles. The molecular weight excluding hydrogens is 254 g/mol.